The first-order valence-corrected chi connectivity index (χ1v) is 10.1. The lowest BCUT2D eigenvalue weighted by atomic mass is 9.49. The Balaban J connectivity index is 1.33. The van der Waals surface area contributed by atoms with Gasteiger partial charge in [0.15, 0.2) is 5.13 Å². The van der Waals surface area contributed by atoms with Crippen LogP contribution in [-0.2, 0) is 4.79 Å². The molecule has 0 atom stereocenters. The number of amides is 1. The van der Waals surface area contributed by atoms with E-state index in [4.69, 9.17) is 5.73 Å². The van der Waals surface area contributed by atoms with Gasteiger partial charge in [0.05, 0.1) is 11.1 Å². The van der Waals surface area contributed by atoms with Crippen molar-refractivity contribution in [3.63, 3.8) is 0 Å². The molecular weight excluding hydrogens is 330 g/mol. The highest BCUT2D eigenvalue weighted by atomic mass is 32.1. The van der Waals surface area contributed by atoms with Crippen LogP contribution in [0.1, 0.15) is 38.5 Å². The van der Waals surface area contributed by atoms with Crippen LogP contribution in [0.15, 0.2) is 29.6 Å². The van der Waals surface area contributed by atoms with Crippen molar-refractivity contribution >= 4 is 28.1 Å². The van der Waals surface area contributed by atoms with Crippen molar-refractivity contribution < 1.29 is 4.79 Å². The highest BCUT2D eigenvalue weighted by Crippen LogP contribution is 2.60. The number of thiazole rings is 1. The molecule has 6 rings (SSSR count). The maximum atomic E-state index is 13.1. The van der Waals surface area contributed by atoms with Crippen LogP contribution in [-0.4, -0.2) is 10.9 Å². The minimum absolute atomic E-state index is 0.100. The number of nitrogen functional groups attached to an aromatic ring is 1. The molecule has 3 N–H and O–H groups in total. The zero-order chi connectivity index (χ0) is 17.0. The molecule has 1 amide bonds. The molecule has 0 aliphatic heterocycles. The van der Waals surface area contributed by atoms with Crippen LogP contribution in [0.4, 0.5) is 10.8 Å². The van der Waals surface area contributed by atoms with Gasteiger partial charge in [-0.3, -0.25) is 4.79 Å². The lowest BCUT2D eigenvalue weighted by Gasteiger charge is -2.55. The molecule has 1 aromatic heterocycles. The van der Waals surface area contributed by atoms with Gasteiger partial charge in [0.25, 0.3) is 0 Å². The maximum absolute atomic E-state index is 13.1. The van der Waals surface area contributed by atoms with Crippen molar-refractivity contribution in [2.24, 2.45) is 23.2 Å². The smallest absolute Gasteiger partial charge is 0.230 e. The van der Waals surface area contributed by atoms with E-state index < -0.39 is 0 Å². The Morgan fingerprint density at radius 2 is 1.68 bits per heavy atom. The number of aromatic nitrogens is 1. The number of hydrogen-bond acceptors (Lipinski definition) is 4. The SMILES string of the molecule is Nc1nc(-c2ccc(NC(=O)C34CC5CC(CC(C5)C3)C4)cc2)cs1. The quantitative estimate of drug-likeness (QED) is 0.851. The molecule has 2 aromatic rings. The molecule has 4 saturated carbocycles. The number of hydrogen-bond donors (Lipinski definition) is 2. The summed E-state index contributed by atoms with van der Waals surface area (Å²) in [5.41, 5.74) is 8.41. The second-order valence-electron chi connectivity index (χ2n) is 8.30. The Morgan fingerprint density at radius 1 is 1.08 bits per heavy atom. The summed E-state index contributed by atoms with van der Waals surface area (Å²) < 4.78 is 0. The van der Waals surface area contributed by atoms with E-state index in [1.165, 1.54) is 30.6 Å². The number of nitrogens with two attached hydrogens (primary N) is 1. The Morgan fingerprint density at radius 3 is 2.20 bits per heavy atom. The molecule has 0 radical (unpaired) electrons. The van der Waals surface area contributed by atoms with Gasteiger partial charge in [0.1, 0.15) is 0 Å². The minimum Gasteiger partial charge on any atom is -0.375 e. The second kappa shape index (κ2) is 5.56. The second-order valence-corrected chi connectivity index (χ2v) is 9.19. The standard InChI is InChI=1S/C20H23N3OS/c21-19-23-17(11-25-19)15-1-3-16(4-2-15)22-18(24)20-8-12-5-13(9-20)7-14(6-12)10-20/h1-4,11-14H,5-10H2,(H2,21,23)(H,22,24). The first-order chi connectivity index (χ1) is 12.1. The fourth-order valence-corrected chi connectivity index (χ4v) is 6.37. The van der Waals surface area contributed by atoms with Crippen LogP contribution in [0, 0.1) is 23.2 Å². The predicted molar refractivity (Wildman–Crippen MR) is 101 cm³/mol. The van der Waals surface area contributed by atoms with E-state index in [0.717, 1.165) is 54.0 Å². The number of rotatable bonds is 3. The fourth-order valence-electron chi connectivity index (χ4n) is 5.80. The number of nitrogens with zero attached hydrogens (tertiary/aromatic N) is 1. The average molecular weight is 353 g/mol. The lowest BCUT2D eigenvalue weighted by Crippen LogP contribution is -2.51. The number of carbonyl (C=O) groups is 1. The van der Waals surface area contributed by atoms with E-state index in [1.54, 1.807) is 0 Å². The fraction of sp³-hybridized carbons (Fsp3) is 0.500. The summed E-state index contributed by atoms with van der Waals surface area (Å²) in [5.74, 6) is 2.61. The van der Waals surface area contributed by atoms with Crippen molar-refractivity contribution in [2.75, 3.05) is 11.1 Å². The molecule has 25 heavy (non-hydrogen) atoms. The zero-order valence-electron chi connectivity index (χ0n) is 14.2. The van der Waals surface area contributed by atoms with E-state index >= 15 is 0 Å². The van der Waals surface area contributed by atoms with Gasteiger partial charge in [-0.25, -0.2) is 4.98 Å². The molecular formula is C20H23N3OS. The number of anilines is 2. The van der Waals surface area contributed by atoms with Gasteiger partial charge < -0.3 is 11.1 Å². The molecule has 1 heterocycles. The summed E-state index contributed by atoms with van der Waals surface area (Å²) in [6, 6.07) is 7.96. The van der Waals surface area contributed by atoms with Crippen LogP contribution >= 0.6 is 11.3 Å². The van der Waals surface area contributed by atoms with Gasteiger partial charge in [-0.05, 0) is 68.4 Å². The van der Waals surface area contributed by atoms with Crippen molar-refractivity contribution in [2.45, 2.75) is 38.5 Å². The van der Waals surface area contributed by atoms with Crippen LogP contribution in [0.25, 0.3) is 11.3 Å². The van der Waals surface area contributed by atoms with Crippen LogP contribution < -0.4 is 11.1 Å². The number of carbonyl (C=O) groups excluding carboxylic acids is 1. The van der Waals surface area contributed by atoms with Crippen LogP contribution in [0.3, 0.4) is 0 Å². The Hall–Kier alpha value is -1.88. The zero-order valence-corrected chi connectivity index (χ0v) is 15.0. The van der Waals surface area contributed by atoms with E-state index in [0.29, 0.717) is 5.13 Å². The Labute approximate surface area is 151 Å². The molecule has 130 valence electrons. The molecule has 0 unspecified atom stereocenters. The first-order valence-electron chi connectivity index (χ1n) is 9.22. The van der Waals surface area contributed by atoms with E-state index in [2.05, 4.69) is 10.3 Å². The maximum Gasteiger partial charge on any atom is 0.230 e. The summed E-state index contributed by atoms with van der Waals surface area (Å²) in [7, 11) is 0. The molecule has 4 bridgehead atoms. The third-order valence-electron chi connectivity index (χ3n) is 6.48. The van der Waals surface area contributed by atoms with Crippen LogP contribution in [0.5, 0.6) is 0 Å². The largest absolute Gasteiger partial charge is 0.375 e. The molecule has 0 spiro atoms. The Kier molecular flexibility index (Phi) is 3.42. The van der Waals surface area contributed by atoms with Gasteiger partial charge >= 0.3 is 0 Å². The van der Waals surface area contributed by atoms with Gasteiger partial charge in [-0.1, -0.05) is 12.1 Å². The summed E-state index contributed by atoms with van der Waals surface area (Å²) in [4.78, 5) is 17.4. The average Bonchev–Trinajstić information content (AvgIpc) is 3.01. The van der Waals surface area contributed by atoms with Gasteiger partial charge in [-0.15, -0.1) is 11.3 Å². The summed E-state index contributed by atoms with van der Waals surface area (Å²) in [5, 5.41) is 5.74. The van der Waals surface area contributed by atoms with E-state index in [-0.39, 0.29) is 11.3 Å². The van der Waals surface area contributed by atoms with Gasteiger partial charge in [0.2, 0.25) is 5.91 Å². The Bertz CT molecular complexity index is 775. The summed E-state index contributed by atoms with van der Waals surface area (Å²) >= 11 is 1.44. The number of nitrogens with one attached hydrogen (secondary N) is 1. The predicted octanol–water partition coefficient (Wildman–Crippen LogP) is 4.55. The van der Waals surface area contributed by atoms with E-state index in [9.17, 15) is 4.79 Å². The van der Waals surface area contributed by atoms with Gasteiger partial charge in [-0.2, -0.15) is 0 Å². The summed E-state index contributed by atoms with van der Waals surface area (Å²) in [6.45, 7) is 0. The molecule has 1 aromatic carbocycles. The third kappa shape index (κ3) is 2.65. The molecule has 5 heteroatoms. The normalized spacial score (nSPS) is 32.7. The van der Waals surface area contributed by atoms with Crippen molar-refractivity contribution in [3.05, 3.63) is 29.6 Å². The van der Waals surface area contributed by atoms with E-state index in [1.807, 2.05) is 29.6 Å². The highest BCUT2D eigenvalue weighted by Gasteiger charge is 2.54. The van der Waals surface area contributed by atoms with Crippen LogP contribution in [0.2, 0.25) is 0 Å². The minimum atomic E-state index is -0.100. The molecule has 4 nitrogen and oxygen atoms in total. The molecule has 4 aliphatic rings. The highest BCUT2D eigenvalue weighted by molar-refractivity contribution is 7.13. The first kappa shape index (κ1) is 15.4. The third-order valence-corrected chi connectivity index (χ3v) is 7.15. The molecule has 0 saturated heterocycles. The molecule has 4 fully saturated rings. The lowest BCUT2D eigenvalue weighted by molar-refractivity contribution is -0.140. The number of benzene rings is 1. The van der Waals surface area contributed by atoms with Gasteiger partial charge in [0, 0.05) is 16.6 Å². The van der Waals surface area contributed by atoms with Crippen molar-refractivity contribution in [1.82, 2.24) is 4.98 Å². The topological polar surface area (TPSA) is 68.0 Å². The monoisotopic (exact) mass is 353 g/mol. The molecule has 4 aliphatic carbocycles. The van der Waals surface area contributed by atoms with Crippen molar-refractivity contribution in [1.29, 1.82) is 0 Å². The summed E-state index contributed by atoms with van der Waals surface area (Å²) in [6.07, 6.45) is 7.37. The van der Waals surface area contributed by atoms with Crippen molar-refractivity contribution in [3.8, 4) is 11.3 Å².